The van der Waals surface area contributed by atoms with Gasteiger partial charge >= 0.3 is 0 Å². The number of rotatable bonds is 4. The summed E-state index contributed by atoms with van der Waals surface area (Å²) in [4.78, 5) is 9.29. The molecule has 0 atom stereocenters. The van der Waals surface area contributed by atoms with Crippen molar-refractivity contribution in [2.24, 2.45) is 0 Å². The second kappa shape index (κ2) is 8.29. The molecule has 0 aliphatic rings. The molecule has 1 aromatic heterocycles. The third-order valence-electron chi connectivity index (χ3n) is 5.24. The molecule has 0 unspecified atom stereocenters. The molecule has 0 aliphatic heterocycles. The molecule has 5 nitrogen and oxygen atoms in total. The molecule has 4 rings (SSSR count). The number of hydrogen-bond donors (Lipinski definition) is 2. The molecule has 0 amide bonds. The first-order valence-electron chi connectivity index (χ1n) is 10.0. The van der Waals surface area contributed by atoms with Crippen molar-refractivity contribution < 1.29 is 0 Å². The highest BCUT2D eigenvalue weighted by atomic mass is 15.1. The van der Waals surface area contributed by atoms with Gasteiger partial charge in [-0.2, -0.15) is 10.2 Å². The maximum atomic E-state index is 8.82. The van der Waals surface area contributed by atoms with Crippen LogP contribution >= 0.6 is 0 Å². The largest absolute Gasteiger partial charge is 0.383 e. The van der Waals surface area contributed by atoms with E-state index in [0.717, 1.165) is 44.4 Å². The quantitative estimate of drug-likeness (QED) is 0.401. The Bertz CT molecular complexity index is 1320. The van der Waals surface area contributed by atoms with Crippen molar-refractivity contribution >= 4 is 34.4 Å². The molecular formula is C26H23N5. The number of para-hydroxylation sites is 1. The van der Waals surface area contributed by atoms with Gasteiger partial charge in [0.05, 0.1) is 11.6 Å². The van der Waals surface area contributed by atoms with Gasteiger partial charge in [-0.05, 0) is 67.3 Å². The molecular weight excluding hydrogens is 382 g/mol. The fraction of sp³-hybridized carbons (Fsp3) is 0.115. The number of aryl methyl sites for hydroxylation is 3. The van der Waals surface area contributed by atoms with Gasteiger partial charge in [0.1, 0.15) is 5.82 Å². The van der Waals surface area contributed by atoms with Crippen molar-refractivity contribution in [2.75, 3.05) is 11.1 Å². The van der Waals surface area contributed by atoms with E-state index in [4.69, 9.17) is 16.0 Å². The Kier molecular flexibility index (Phi) is 5.38. The fourth-order valence-corrected chi connectivity index (χ4v) is 3.85. The van der Waals surface area contributed by atoms with E-state index in [2.05, 4.69) is 42.3 Å². The molecule has 4 aromatic rings. The van der Waals surface area contributed by atoms with Crippen LogP contribution in [-0.4, -0.2) is 9.97 Å². The van der Waals surface area contributed by atoms with Crippen LogP contribution in [0, 0.1) is 32.1 Å². The van der Waals surface area contributed by atoms with E-state index in [1.807, 2.05) is 55.5 Å². The van der Waals surface area contributed by atoms with E-state index in [1.54, 1.807) is 0 Å². The monoisotopic (exact) mass is 405 g/mol. The average Bonchev–Trinajstić information content (AvgIpc) is 2.74. The zero-order valence-electron chi connectivity index (χ0n) is 17.8. The molecule has 0 saturated carbocycles. The van der Waals surface area contributed by atoms with Crippen LogP contribution in [0.4, 0.5) is 17.5 Å². The van der Waals surface area contributed by atoms with Gasteiger partial charge in [-0.25, -0.2) is 4.98 Å². The summed E-state index contributed by atoms with van der Waals surface area (Å²) in [6.07, 6.45) is 3.30. The Morgan fingerprint density at radius 1 is 0.968 bits per heavy atom. The number of fused-ring (bicyclic) bond motifs is 1. The Labute approximate surface area is 181 Å². The number of aromatic nitrogens is 2. The SMILES string of the molecule is Cc1ccc(Nc2nc(N)c3cccc(-c4c(C)cc(/C=C/C#N)cc4C)c3n2)cc1. The van der Waals surface area contributed by atoms with Crippen molar-refractivity contribution in [1.82, 2.24) is 9.97 Å². The molecule has 0 fully saturated rings. The van der Waals surface area contributed by atoms with Crippen molar-refractivity contribution in [3.05, 3.63) is 82.9 Å². The average molecular weight is 406 g/mol. The first-order valence-corrected chi connectivity index (χ1v) is 10.0. The molecule has 0 aliphatic carbocycles. The second-order valence-electron chi connectivity index (χ2n) is 7.62. The number of nitriles is 1. The van der Waals surface area contributed by atoms with Crippen molar-refractivity contribution in [3.8, 4) is 17.2 Å². The van der Waals surface area contributed by atoms with E-state index in [9.17, 15) is 0 Å². The summed E-state index contributed by atoms with van der Waals surface area (Å²) < 4.78 is 0. The van der Waals surface area contributed by atoms with Crippen molar-refractivity contribution in [2.45, 2.75) is 20.8 Å². The van der Waals surface area contributed by atoms with E-state index in [-0.39, 0.29) is 0 Å². The van der Waals surface area contributed by atoms with E-state index >= 15 is 0 Å². The van der Waals surface area contributed by atoms with Crippen LogP contribution in [0.25, 0.3) is 28.1 Å². The number of nitrogens with two attached hydrogens (primary N) is 1. The van der Waals surface area contributed by atoms with Gasteiger partial charge in [-0.15, -0.1) is 0 Å². The number of nitrogens with zero attached hydrogens (tertiary/aromatic N) is 3. The number of benzene rings is 3. The van der Waals surface area contributed by atoms with Gasteiger partial charge in [0, 0.05) is 22.7 Å². The molecule has 0 bridgehead atoms. The smallest absolute Gasteiger partial charge is 0.229 e. The molecule has 0 spiro atoms. The van der Waals surface area contributed by atoms with Gasteiger partial charge in [-0.1, -0.05) is 42.0 Å². The summed E-state index contributed by atoms with van der Waals surface area (Å²) in [7, 11) is 0. The Hall–Kier alpha value is -4.17. The summed E-state index contributed by atoms with van der Waals surface area (Å²) in [5, 5.41) is 12.9. The van der Waals surface area contributed by atoms with Crippen molar-refractivity contribution in [3.63, 3.8) is 0 Å². The highest BCUT2D eigenvalue weighted by molar-refractivity contribution is 6.00. The fourth-order valence-electron chi connectivity index (χ4n) is 3.85. The third kappa shape index (κ3) is 4.10. The lowest BCUT2D eigenvalue weighted by Gasteiger charge is -2.15. The minimum absolute atomic E-state index is 0.436. The van der Waals surface area contributed by atoms with Gasteiger partial charge < -0.3 is 11.1 Å². The summed E-state index contributed by atoms with van der Waals surface area (Å²) in [5.74, 6) is 0.899. The first-order chi connectivity index (χ1) is 15.0. The Morgan fingerprint density at radius 2 is 1.68 bits per heavy atom. The lowest BCUT2D eigenvalue weighted by atomic mass is 9.92. The van der Waals surface area contributed by atoms with Crippen LogP contribution in [0.1, 0.15) is 22.3 Å². The number of anilines is 3. The highest BCUT2D eigenvalue weighted by Crippen LogP contribution is 2.35. The van der Waals surface area contributed by atoms with Gasteiger partial charge in [0.25, 0.3) is 0 Å². The van der Waals surface area contributed by atoms with E-state index in [1.165, 1.54) is 11.6 Å². The molecule has 5 heteroatoms. The standard InChI is InChI=1S/C26H23N5/c1-16-9-11-20(12-10-16)29-26-30-24-21(7-4-8-22(24)25(28)31-26)23-17(2)14-19(6-5-13-27)15-18(23)3/h4-12,14-15H,1-3H3,(H3,28,29,30,31)/b6-5+. The summed E-state index contributed by atoms with van der Waals surface area (Å²) in [6.45, 7) is 6.19. The topological polar surface area (TPSA) is 87.6 Å². The predicted molar refractivity (Wildman–Crippen MR) is 128 cm³/mol. The number of hydrogen-bond acceptors (Lipinski definition) is 5. The second-order valence-corrected chi connectivity index (χ2v) is 7.62. The van der Waals surface area contributed by atoms with Crippen LogP contribution < -0.4 is 11.1 Å². The van der Waals surface area contributed by atoms with Gasteiger partial charge in [0.2, 0.25) is 5.95 Å². The summed E-state index contributed by atoms with van der Waals surface area (Å²) >= 11 is 0. The van der Waals surface area contributed by atoms with Crippen molar-refractivity contribution in [1.29, 1.82) is 5.26 Å². The molecule has 1 heterocycles. The molecule has 3 aromatic carbocycles. The first kappa shape index (κ1) is 20.1. The zero-order chi connectivity index (χ0) is 22.0. The minimum Gasteiger partial charge on any atom is -0.383 e. The summed E-state index contributed by atoms with van der Waals surface area (Å²) in [5.41, 5.74) is 14.5. The maximum Gasteiger partial charge on any atom is 0.229 e. The van der Waals surface area contributed by atoms with Crippen LogP contribution in [-0.2, 0) is 0 Å². The third-order valence-corrected chi connectivity index (χ3v) is 5.24. The van der Waals surface area contributed by atoms with E-state index in [0.29, 0.717) is 11.8 Å². The molecule has 0 radical (unpaired) electrons. The van der Waals surface area contributed by atoms with Gasteiger partial charge in [-0.3, -0.25) is 0 Å². The maximum absolute atomic E-state index is 8.82. The normalized spacial score (nSPS) is 11.0. The van der Waals surface area contributed by atoms with Gasteiger partial charge in [0.15, 0.2) is 0 Å². The molecule has 0 saturated heterocycles. The Balaban J connectivity index is 1.85. The zero-order valence-corrected chi connectivity index (χ0v) is 17.8. The summed E-state index contributed by atoms with van der Waals surface area (Å²) in [6, 6.07) is 20.2. The van der Waals surface area contributed by atoms with Crippen LogP contribution in [0.5, 0.6) is 0 Å². The van der Waals surface area contributed by atoms with Crippen LogP contribution in [0.2, 0.25) is 0 Å². The number of allylic oxidation sites excluding steroid dienone is 1. The van der Waals surface area contributed by atoms with Crippen LogP contribution in [0.3, 0.4) is 0 Å². The number of nitrogens with one attached hydrogen (secondary N) is 1. The minimum atomic E-state index is 0.436. The number of nitrogen functional groups attached to an aromatic ring is 1. The van der Waals surface area contributed by atoms with Crippen LogP contribution in [0.15, 0.2) is 60.7 Å². The molecule has 31 heavy (non-hydrogen) atoms. The molecule has 152 valence electrons. The highest BCUT2D eigenvalue weighted by Gasteiger charge is 2.14. The van der Waals surface area contributed by atoms with E-state index < -0.39 is 0 Å². The Morgan fingerprint density at radius 3 is 2.35 bits per heavy atom. The lowest BCUT2D eigenvalue weighted by Crippen LogP contribution is -2.03. The molecule has 3 N–H and O–H groups in total. The lowest BCUT2D eigenvalue weighted by molar-refractivity contribution is 1.22. The predicted octanol–water partition coefficient (Wildman–Crippen LogP) is 6.08.